The van der Waals surface area contributed by atoms with Gasteiger partial charge in [0.05, 0.1) is 5.34 Å². The van der Waals surface area contributed by atoms with Gasteiger partial charge in [-0.15, -0.1) is 23.2 Å². The molecule has 0 bridgehead atoms. The molecule has 4 aromatic rings. The van der Waals surface area contributed by atoms with E-state index in [1.165, 1.54) is 44.5 Å². The maximum Gasteiger partial charge on any atom is 0.643 e. The molecular formula is C33H31AlCl6O2. The second-order valence-corrected chi connectivity index (χ2v) is 16.7. The first-order chi connectivity index (χ1) is 20.2. The average molecular weight is 699 g/mol. The van der Waals surface area contributed by atoms with Gasteiger partial charge in [-0.25, -0.2) is 30.1 Å². The highest BCUT2D eigenvalue weighted by Crippen LogP contribution is 2.37. The molecule has 6 rings (SSSR count). The van der Waals surface area contributed by atoms with Gasteiger partial charge in [0.25, 0.3) is 0 Å². The lowest BCUT2D eigenvalue weighted by Crippen LogP contribution is -1.97. The first-order valence-electron chi connectivity index (χ1n) is 13.3. The van der Waals surface area contributed by atoms with E-state index in [1.807, 2.05) is 13.0 Å². The Bertz CT molecular complexity index is 1410. The van der Waals surface area contributed by atoms with E-state index in [2.05, 4.69) is 84.9 Å². The molecule has 0 N–H and O–H groups in total. The number of hydrogen-bond acceptors (Lipinski definition) is 2. The Morgan fingerprint density at radius 2 is 0.952 bits per heavy atom. The van der Waals surface area contributed by atoms with E-state index in [0.29, 0.717) is 12.8 Å². The molecule has 0 aliphatic heterocycles. The number of fused-ring (bicyclic) bond motifs is 6. The van der Waals surface area contributed by atoms with Gasteiger partial charge in [-0.2, -0.15) is 0 Å². The smallest absolute Gasteiger partial charge is 0.294 e. The van der Waals surface area contributed by atoms with Crippen LogP contribution in [-0.4, -0.2) is 27.7 Å². The Labute approximate surface area is 280 Å². The van der Waals surface area contributed by atoms with Crippen molar-refractivity contribution in [2.24, 2.45) is 0 Å². The van der Waals surface area contributed by atoms with Gasteiger partial charge in [0.1, 0.15) is 0 Å². The van der Waals surface area contributed by atoms with E-state index in [4.69, 9.17) is 65.0 Å². The highest BCUT2D eigenvalue weighted by Gasteiger charge is 2.19. The van der Waals surface area contributed by atoms with Crippen LogP contribution in [0.2, 0.25) is 0 Å². The molecule has 0 spiro atoms. The van der Waals surface area contributed by atoms with Crippen LogP contribution >= 0.6 is 65.0 Å². The van der Waals surface area contributed by atoms with Crippen LogP contribution in [0.25, 0.3) is 22.3 Å². The summed E-state index contributed by atoms with van der Waals surface area (Å²) in [5.74, 6) is 0.226. The summed E-state index contributed by atoms with van der Waals surface area (Å²) in [6.45, 7) is 3.62. The molecule has 0 heterocycles. The summed E-state index contributed by atoms with van der Waals surface area (Å²) < 4.78 is 0. The van der Waals surface area contributed by atoms with Crippen molar-refractivity contribution in [2.75, 3.05) is 5.34 Å². The van der Waals surface area contributed by atoms with E-state index in [-0.39, 0.29) is 16.4 Å². The molecule has 0 amide bonds. The van der Waals surface area contributed by atoms with Gasteiger partial charge < -0.3 is 0 Å². The fraction of sp³-hybridized carbons (Fsp3) is 0.212. The zero-order valence-electron chi connectivity index (χ0n) is 23.4. The second kappa shape index (κ2) is 19.7. The number of rotatable bonds is 3. The highest BCUT2D eigenvalue weighted by atomic mass is 35.8. The van der Waals surface area contributed by atoms with Crippen molar-refractivity contribution >= 4 is 87.4 Å². The number of carbonyl (C=O) groups is 2. The molecular weight excluding hydrogens is 668 g/mol. The standard InChI is InChI=1S/C16H14O.C13H10.C3H5ClO.CH2Cl2.Al.3ClH/c1-2-16(17)12-7-8-15-13(10-12)9-11-5-3-4-6-14(11)15;1-3-7-12-10(5-1)9-11-6-2-4-8-13(11)12;1-2-3(4)5;2-1-3;;;;/h3-8,10H,2,9H2,1H3;1-8H,9H2;2H2,1H3;1H2;;3*1H/q;;;;+3;;;/p-3. The van der Waals surface area contributed by atoms with Gasteiger partial charge in [0, 0.05) is 18.4 Å². The van der Waals surface area contributed by atoms with Crippen LogP contribution in [0.3, 0.4) is 0 Å². The first-order valence-corrected chi connectivity index (χ1v) is 20.0. The van der Waals surface area contributed by atoms with E-state index in [0.717, 1.165) is 18.4 Å². The molecule has 220 valence electrons. The fourth-order valence-corrected chi connectivity index (χ4v) is 4.60. The molecule has 0 saturated carbocycles. The number of benzene rings is 4. The molecule has 2 nitrogen and oxygen atoms in total. The van der Waals surface area contributed by atoms with Gasteiger partial charge in [-0.05, 0) is 75.0 Å². The predicted molar refractivity (Wildman–Crippen MR) is 185 cm³/mol. The van der Waals surface area contributed by atoms with Crippen molar-refractivity contribution in [1.82, 2.24) is 0 Å². The second-order valence-electron chi connectivity index (χ2n) is 9.03. The number of halogens is 6. The van der Waals surface area contributed by atoms with Crippen LogP contribution in [0.15, 0.2) is 91.0 Å². The molecule has 0 atom stereocenters. The molecule has 0 saturated heterocycles. The predicted octanol–water partition coefficient (Wildman–Crippen LogP) is 11.4. The maximum atomic E-state index is 11.7. The lowest BCUT2D eigenvalue weighted by molar-refractivity contribution is -0.111. The molecule has 2 aliphatic rings. The SMILES string of the molecule is CCC(=O)Cl.CCC(=O)c1ccc2c(c1)Cc1ccccc1-2.ClCCl.[Cl][Al]([Cl])[Cl].c1ccc2c(c1)Cc1ccccc1-2. The maximum absolute atomic E-state index is 11.7. The summed E-state index contributed by atoms with van der Waals surface area (Å²) in [7, 11) is 14.8. The largest absolute Gasteiger partial charge is 0.643 e. The number of alkyl halides is 2. The molecule has 0 radical (unpaired) electrons. The van der Waals surface area contributed by atoms with E-state index in [9.17, 15) is 9.59 Å². The minimum absolute atomic E-state index is 0.194. The number of hydrogen-bond donors (Lipinski definition) is 0. The van der Waals surface area contributed by atoms with Crippen molar-refractivity contribution in [3.63, 3.8) is 0 Å². The van der Waals surface area contributed by atoms with Crippen molar-refractivity contribution in [2.45, 2.75) is 39.5 Å². The molecule has 9 heteroatoms. The molecule has 42 heavy (non-hydrogen) atoms. The summed E-state index contributed by atoms with van der Waals surface area (Å²) in [6, 6.07) is 31.9. The van der Waals surface area contributed by atoms with Gasteiger partial charge in [0.15, 0.2) is 5.78 Å². The van der Waals surface area contributed by atoms with Crippen molar-refractivity contribution in [3.8, 4) is 22.3 Å². The Morgan fingerprint density at radius 3 is 1.31 bits per heavy atom. The van der Waals surface area contributed by atoms with E-state index < -0.39 is 11.4 Å². The highest BCUT2D eigenvalue weighted by molar-refractivity contribution is 7.54. The summed E-state index contributed by atoms with van der Waals surface area (Å²) >= 11 is 12.6. The third kappa shape index (κ3) is 11.5. The third-order valence-electron chi connectivity index (χ3n) is 6.42. The van der Waals surface area contributed by atoms with Crippen molar-refractivity contribution in [1.29, 1.82) is 0 Å². The monoisotopic (exact) mass is 696 g/mol. The zero-order valence-corrected chi connectivity index (χ0v) is 29.0. The van der Waals surface area contributed by atoms with Crippen molar-refractivity contribution in [3.05, 3.63) is 119 Å². The topological polar surface area (TPSA) is 34.1 Å². The third-order valence-corrected chi connectivity index (χ3v) is 6.69. The minimum atomic E-state index is -1.72. The van der Waals surface area contributed by atoms with Crippen LogP contribution in [-0.2, 0) is 17.6 Å². The lowest BCUT2D eigenvalue weighted by Gasteiger charge is -2.03. The Morgan fingerprint density at radius 1 is 0.619 bits per heavy atom. The normalized spacial score (nSPS) is 10.7. The quantitative estimate of drug-likeness (QED) is 0.0798. The van der Waals surface area contributed by atoms with Gasteiger partial charge >= 0.3 is 11.4 Å². The van der Waals surface area contributed by atoms with Crippen LogP contribution in [0, 0.1) is 0 Å². The summed E-state index contributed by atoms with van der Waals surface area (Å²) in [5, 5.41) is -0.0787. The Hall–Kier alpha value is -1.51. The van der Waals surface area contributed by atoms with Crippen LogP contribution in [0.5, 0.6) is 0 Å². The summed E-state index contributed by atoms with van der Waals surface area (Å²) in [5.41, 5.74) is 11.9. The number of Topliss-reactive ketones (excluding diaryl/α,β-unsaturated/α-hetero) is 1. The molecule has 0 fully saturated rings. The van der Waals surface area contributed by atoms with Crippen LogP contribution in [0.4, 0.5) is 0 Å². The van der Waals surface area contributed by atoms with E-state index >= 15 is 0 Å². The molecule has 0 aromatic heterocycles. The van der Waals surface area contributed by atoms with Gasteiger partial charge in [-0.3, -0.25) is 9.59 Å². The van der Waals surface area contributed by atoms with Gasteiger partial charge in [0.2, 0.25) is 5.24 Å². The summed E-state index contributed by atoms with van der Waals surface area (Å²) in [6.07, 6.45) is 3.07. The summed E-state index contributed by atoms with van der Waals surface area (Å²) in [4.78, 5) is 21.3. The first kappa shape index (κ1) is 36.7. The zero-order chi connectivity index (χ0) is 31.1. The van der Waals surface area contributed by atoms with Crippen molar-refractivity contribution < 1.29 is 9.59 Å². The fourth-order valence-electron chi connectivity index (χ4n) is 4.60. The van der Waals surface area contributed by atoms with Gasteiger partial charge in [-0.1, -0.05) is 98.8 Å². The Balaban J connectivity index is 0.000000217. The average Bonchev–Trinajstić information content (AvgIpc) is 3.55. The lowest BCUT2D eigenvalue weighted by atomic mass is 10.0. The number of ketones is 1. The molecule has 4 aromatic carbocycles. The minimum Gasteiger partial charge on any atom is -0.294 e. The van der Waals surface area contributed by atoms with Crippen LogP contribution in [0.1, 0.15) is 59.3 Å². The molecule has 2 aliphatic carbocycles. The van der Waals surface area contributed by atoms with Crippen LogP contribution < -0.4 is 0 Å². The number of carbonyl (C=O) groups excluding carboxylic acids is 2. The Kier molecular flexibility index (Phi) is 17.2. The van der Waals surface area contributed by atoms with E-state index in [1.54, 1.807) is 6.92 Å². The molecule has 0 unspecified atom stereocenters.